The second-order valence-corrected chi connectivity index (χ2v) is 6.91. The van der Waals surface area contributed by atoms with Crippen LogP contribution in [0.15, 0.2) is 64.5 Å². The van der Waals surface area contributed by atoms with Crippen molar-refractivity contribution in [3.8, 4) is 11.8 Å². The highest BCUT2D eigenvalue weighted by atomic mass is 32.2. The van der Waals surface area contributed by atoms with E-state index < -0.39 is 0 Å². The highest BCUT2D eigenvalue weighted by Crippen LogP contribution is 2.26. The van der Waals surface area contributed by atoms with E-state index in [1.165, 1.54) is 17.3 Å². The third kappa shape index (κ3) is 3.81. The molecule has 0 saturated heterocycles. The zero-order chi connectivity index (χ0) is 18.6. The molecule has 134 valence electrons. The Hall–Kier alpha value is -3.24. The third-order valence-corrected chi connectivity index (χ3v) is 4.92. The van der Waals surface area contributed by atoms with Crippen molar-refractivity contribution in [3.63, 3.8) is 0 Å². The van der Waals surface area contributed by atoms with E-state index in [4.69, 9.17) is 9.15 Å². The number of aromatic nitrogens is 3. The Labute approximate surface area is 160 Å². The minimum atomic E-state index is 0.218. The monoisotopic (exact) mass is 376 g/mol. The fourth-order valence-corrected chi connectivity index (χ4v) is 3.44. The second-order valence-electron chi connectivity index (χ2n) is 5.99. The zero-order valence-corrected chi connectivity index (χ0v) is 15.4. The lowest BCUT2D eigenvalue weighted by Crippen LogP contribution is -1.95. The van der Waals surface area contributed by atoms with Crippen molar-refractivity contribution in [2.75, 3.05) is 0 Å². The number of pyridine rings is 1. The highest BCUT2D eigenvalue weighted by Gasteiger charge is 2.13. The number of aryl methyl sites for hydroxylation is 1. The molecule has 0 N–H and O–H groups in total. The van der Waals surface area contributed by atoms with Crippen molar-refractivity contribution in [1.29, 1.82) is 5.26 Å². The highest BCUT2D eigenvalue weighted by molar-refractivity contribution is 7.98. The molecule has 7 heteroatoms. The van der Waals surface area contributed by atoms with Crippen molar-refractivity contribution < 1.29 is 9.15 Å². The second kappa shape index (κ2) is 7.56. The van der Waals surface area contributed by atoms with Gasteiger partial charge in [0.05, 0.1) is 11.1 Å². The first kappa shape index (κ1) is 17.2. The van der Waals surface area contributed by atoms with Gasteiger partial charge in [0.15, 0.2) is 6.61 Å². The van der Waals surface area contributed by atoms with Gasteiger partial charge in [-0.2, -0.15) is 5.26 Å². The number of nitrogens with zero attached hydrogens (tertiary/aromatic N) is 4. The third-order valence-electron chi connectivity index (χ3n) is 4.06. The van der Waals surface area contributed by atoms with Gasteiger partial charge in [-0.15, -0.1) is 10.2 Å². The summed E-state index contributed by atoms with van der Waals surface area (Å²) in [6.07, 6.45) is 3.89. The maximum absolute atomic E-state index is 9.46. The maximum atomic E-state index is 9.46. The molecule has 0 aliphatic rings. The molecule has 0 aliphatic heterocycles. The molecule has 0 bridgehead atoms. The maximum Gasteiger partial charge on any atom is 0.277 e. The molecule has 4 aromatic rings. The lowest BCUT2D eigenvalue weighted by atomic mass is 10.2. The summed E-state index contributed by atoms with van der Waals surface area (Å²) >= 11 is 1.40. The minimum Gasteiger partial charge on any atom is -0.484 e. The Bertz CT molecular complexity index is 1110. The van der Waals surface area contributed by atoms with Crippen molar-refractivity contribution in [1.82, 2.24) is 14.6 Å². The van der Waals surface area contributed by atoms with Crippen LogP contribution < -0.4 is 4.74 Å². The van der Waals surface area contributed by atoms with Gasteiger partial charge < -0.3 is 13.6 Å². The summed E-state index contributed by atoms with van der Waals surface area (Å²) < 4.78 is 13.2. The molecule has 0 amide bonds. The fourth-order valence-electron chi connectivity index (χ4n) is 2.69. The van der Waals surface area contributed by atoms with Crippen molar-refractivity contribution in [3.05, 3.63) is 77.4 Å². The summed E-state index contributed by atoms with van der Waals surface area (Å²) in [5.74, 6) is 1.75. The predicted octanol–water partition coefficient (Wildman–Crippen LogP) is 4.37. The lowest BCUT2D eigenvalue weighted by molar-refractivity contribution is 0.252. The van der Waals surface area contributed by atoms with Crippen LogP contribution in [0.5, 0.6) is 5.75 Å². The van der Waals surface area contributed by atoms with Gasteiger partial charge in [0.1, 0.15) is 11.8 Å². The normalized spacial score (nSPS) is 10.8. The molecule has 3 aromatic heterocycles. The van der Waals surface area contributed by atoms with Gasteiger partial charge >= 0.3 is 0 Å². The van der Waals surface area contributed by atoms with E-state index in [0.29, 0.717) is 22.4 Å². The number of thioether (sulfide) groups is 1. The van der Waals surface area contributed by atoms with Crippen LogP contribution >= 0.6 is 11.8 Å². The molecule has 6 nitrogen and oxygen atoms in total. The Balaban J connectivity index is 1.40. The van der Waals surface area contributed by atoms with Gasteiger partial charge in [0.25, 0.3) is 11.1 Å². The van der Waals surface area contributed by atoms with Crippen LogP contribution in [0.25, 0.3) is 5.52 Å². The van der Waals surface area contributed by atoms with Crippen LogP contribution in [0.1, 0.15) is 22.6 Å². The van der Waals surface area contributed by atoms with Gasteiger partial charge in [-0.05, 0) is 36.8 Å². The summed E-state index contributed by atoms with van der Waals surface area (Å²) in [5, 5.41) is 18.0. The Kier molecular flexibility index (Phi) is 4.81. The molecule has 0 radical (unpaired) electrons. The first-order chi connectivity index (χ1) is 13.2. The Morgan fingerprint density at radius 1 is 1.19 bits per heavy atom. The van der Waals surface area contributed by atoms with E-state index in [0.717, 1.165) is 16.8 Å². The smallest absolute Gasteiger partial charge is 0.277 e. The molecular formula is C20H16N4O2S. The number of fused-ring (bicyclic) bond motifs is 1. The van der Waals surface area contributed by atoms with E-state index in [2.05, 4.69) is 16.3 Å². The van der Waals surface area contributed by atoms with Crippen LogP contribution in [0.4, 0.5) is 0 Å². The lowest BCUT2D eigenvalue weighted by Gasteiger charge is -2.02. The molecule has 4 rings (SSSR count). The standard InChI is InChI=1S/C20H16N4O2S/c1-14-5-7-16(8-6-14)25-12-19-22-23-20(26-19)27-13-15-11-24-9-3-2-4-18(24)17(15)10-21/h2-9,11H,12-13H2,1H3. The summed E-state index contributed by atoms with van der Waals surface area (Å²) in [4.78, 5) is 0. The predicted molar refractivity (Wildman–Crippen MR) is 101 cm³/mol. The number of benzene rings is 1. The molecule has 0 aliphatic carbocycles. The van der Waals surface area contributed by atoms with Gasteiger partial charge in [0, 0.05) is 18.1 Å². The first-order valence-electron chi connectivity index (χ1n) is 8.36. The fraction of sp³-hybridized carbons (Fsp3) is 0.150. The van der Waals surface area contributed by atoms with Crippen LogP contribution in [-0.2, 0) is 12.4 Å². The molecular weight excluding hydrogens is 360 g/mol. The van der Waals surface area contributed by atoms with Crippen LogP contribution in [-0.4, -0.2) is 14.6 Å². The van der Waals surface area contributed by atoms with E-state index in [1.54, 1.807) is 0 Å². The van der Waals surface area contributed by atoms with Crippen molar-refractivity contribution >= 4 is 17.3 Å². The largest absolute Gasteiger partial charge is 0.484 e. The minimum absolute atomic E-state index is 0.218. The van der Waals surface area contributed by atoms with E-state index in [1.807, 2.05) is 66.2 Å². The molecule has 0 atom stereocenters. The van der Waals surface area contributed by atoms with Gasteiger partial charge in [-0.25, -0.2) is 0 Å². The zero-order valence-electron chi connectivity index (χ0n) is 14.6. The topological polar surface area (TPSA) is 76.3 Å². The summed E-state index contributed by atoms with van der Waals surface area (Å²) in [7, 11) is 0. The summed E-state index contributed by atoms with van der Waals surface area (Å²) in [6.45, 7) is 2.24. The molecule has 1 aromatic carbocycles. The van der Waals surface area contributed by atoms with Gasteiger partial charge in [-0.3, -0.25) is 0 Å². The van der Waals surface area contributed by atoms with Crippen molar-refractivity contribution in [2.45, 2.75) is 24.5 Å². The van der Waals surface area contributed by atoms with Gasteiger partial charge in [-0.1, -0.05) is 35.5 Å². The first-order valence-corrected chi connectivity index (χ1v) is 9.35. The van der Waals surface area contributed by atoms with Crippen LogP contribution in [0.3, 0.4) is 0 Å². The molecule has 0 fully saturated rings. The number of hydrogen-bond donors (Lipinski definition) is 0. The molecule has 0 saturated carbocycles. The molecule has 3 heterocycles. The number of nitriles is 1. The number of ether oxygens (including phenoxy) is 1. The molecule has 27 heavy (non-hydrogen) atoms. The van der Waals surface area contributed by atoms with Crippen LogP contribution in [0, 0.1) is 18.3 Å². The van der Waals surface area contributed by atoms with Crippen LogP contribution in [0.2, 0.25) is 0 Å². The molecule has 0 unspecified atom stereocenters. The van der Waals surface area contributed by atoms with E-state index in [-0.39, 0.29) is 6.61 Å². The number of rotatable bonds is 6. The average molecular weight is 376 g/mol. The Morgan fingerprint density at radius 3 is 2.85 bits per heavy atom. The summed E-state index contributed by atoms with van der Waals surface area (Å²) in [5.41, 5.74) is 3.68. The SMILES string of the molecule is Cc1ccc(OCc2nnc(SCc3cn4ccccc4c3C#N)o2)cc1. The summed E-state index contributed by atoms with van der Waals surface area (Å²) in [6, 6.07) is 15.8. The molecule has 0 spiro atoms. The average Bonchev–Trinajstić information content (AvgIpc) is 3.29. The number of hydrogen-bond acceptors (Lipinski definition) is 6. The van der Waals surface area contributed by atoms with Gasteiger partial charge in [0.2, 0.25) is 0 Å². The Morgan fingerprint density at radius 2 is 2.04 bits per heavy atom. The van der Waals surface area contributed by atoms with E-state index in [9.17, 15) is 5.26 Å². The van der Waals surface area contributed by atoms with E-state index >= 15 is 0 Å². The van der Waals surface area contributed by atoms with Crippen molar-refractivity contribution in [2.24, 2.45) is 0 Å². The quantitative estimate of drug-likeness (QED) is 0.465.